The lowest BCUT2D eigenvalue weighted by Gasteiger charge is -2.35. The van der Waals surface area contributed by atoms with E-state index in [2.05, 4.69) is 21.2 Å². The molecule has 0 unspecified atom stereocenters. The Hall–Kier alpha value is -4.15. The zero-order valence-electron chi connectivity index (χ0n) is 27.4. The van der Waals surface area contributed by atoms with Crippen LogP contribution >= 0.6 is 15.9 Å². The molecule has 8 nitrogen and oxygen atoms in total. The summed E-state index contributed by atoms with van der Waals surface area (Å²) in [5, 5.41) is 3.05. The molecule has 0 saturated heterocycles. The summed E-state index contributed by atoms with van der Waals surface area (Å²) in [5.74, 6) is -0.310. The second kappa shape index (κ2) is 15.6. The molecule has 2 amide bonds. The van der Waals surface area contributed by atoms with Crippen molar-refractivity contribution >= 4 is 43.5 Å². The molecule has 0 aliphatic carbocycles. The highest BCUT2D eigenvalue weighted by Gasteiger charge is 2.35. The Kier molecular flexibility index (Phi) is 11.9. The number of halogens is 1. The minimum atomic E-state index is -4.22. The number of anilines is 1. The second-order valence-corrected chi connectivity index (χ2v) is 15.1. The van der Waals surface area contributed by atoms with Gasteiger partial charge in [0.15, 0.2) is 0 Å². The molecule has 0 aromatic heterocycles. The minimum absolute atomic E-state index is 0.0140. The zero-order valence-corrected chi connectivity index (χ0v) is 29.8. The lowest BCUT2D eigenvalue weighted by molar-refractivity contribution is -0.140. The molecular formula is C37H42BrN3O5S. The highest BCUT2D eigenvalue weighted by molar-refractivity contribution is 9.10. The van der Waals surface area contributed by atoms with Crippen molar-refractivity contribution in [3.05, 3.63) is 124 Å². The molecule has 1 N–H and O–H groups in total. The highest BCUT2D eigenvalue weighted by Crippen LogP contribution is 2.27. The summed E-state index contributed by atoms with van der Waals surface area (Å²) < 4.78 is 36.0. The zero-order chi connectivity index (χ0) is 34.2. The molecule has 0 aliphatic rings. The number of benzene rings is 4. The Morgan fingerprint density at radius 3 is 2.04 bits per heavy atom. The van der Waals surface area contributed by atoms with E-state index < -0.39 is 34.1 Å². The molecule has 10 heteroatoms. The number of nitrogens with one attached hydrogen (secondary N) is 1. The van der Waals surface area contributed by atoms with Gasteiger partial charge in [-0.2, -0.15) is 0 Å². The number of carbonyl (C=O) groups excluding carboxylic acids is 2. The summed E-state index contributed by atoms with van der Waals surface area (Å²) in [7, 11) is -4.22. The fraction of sp³-hybridized carbons (Fsp3) is 0.297. The molecule has 0 spiro atoms. The van der Waals surface area contributed by atoms with Crippen LogP contribution in [0.1, 0.15) is 44.4 Å². The van der Waals surface area contributed by atoms with Crippen molar-refractivity contribution in [1.82, 2.24) is 10.2 Å². The highest BCUT2D eigenvalue weighted by atomic mass is 79.9. The van der Waals surface area contributed by atoms with E-state index in [0.717, 1.165) is 25.5 Å². The maximum Gasteiger partial charge on any atom is 0.264 e. The minimum Gasteiger partial charge on any atom is -0.494 e. The average molecular weight is 721 g/mol. The average Bonchev–Trinajstić information content (AvgIpc) is 3.03. The van der Waals surface area contributed by atoms with E-state index in [4.69, 9.17) is 4.74 Å². The van der Waals surface area contributed by atoms with Gasteiger partial charge in [0.2, 0.25) is 11.8 Å². The summed E-state index contributed by atoms with van der Waals surface area (Å²) in [6.45, 7) is 9.41. The van der Waals surface area contributed by atoms with Gasteiger partial charge < -0.3 is 15.0 Å². The van der Waals surface area contributed by atoms with Crippen LogP contribution in [0.2, 0.25) is 0 Å². The molecule has 0 aliphatic heterocycles. The molecule has 4 aromatic rings. The van der Waals surface area contributed by atoms with E-state index in [1.54, 1.807) is 36.4 Å². The van der Waals surface area contributed by atoms with Gasteiger partial charge in [-0.05, 0) is 94.3 Å². The lowest BCUT2D eigenvalue weighted by atomic mass is 10.0. The van der Waals surface area contributed by atoms with Crippen LogP contribution in [0.5, 0.6) is 5.75 Å². The smallest absolute Gasteiger partial charge is 0.264 e. The summed E-state index contributed by atoms with van der Waals surface area (Å²) in [4.78, 5) is 30.1. The molecule has 0 heterocycles. The van der Waals surface area contributed by atoms with E-state index in [9.17, 15) is 18.0 Å². The number of carbonyl (C=O) groups is 2. The van der Waals surface area contributed by atoms with E-state index in [1.807, 2.05) is 89.2 Å². The maximum absolute atomic E-state index is 14.6. The fourth-order valence-corrected chi connectivity index (χ4v) is 6.71. The van der Waals surface area contributed by atoms with Gasteiger partial charge in [-0.1, -0.05) is 76.1 Å². The molecule has 0 bridgehead atoms. The Balaban J connectivity index is 1.80. The molecule has 1 atom stereocenters. The molecule has 0 fully saturated rings. The van der Waals surface area contributed by atoms with E-state index in [0.29, 0.717) is 18.0 Å². The van der Waals surface area contributed by atoms with Crippen LogP contribution in [0.3, 0.4) is 0 Å². The van der Waals surface area contributed by atoms with Gasteiger partial charge >= 0.3 is 0 Å². The third-order valence-electron chi connectivity index (χ3n) is 7.36. The Bertz CT molecular complexity index is 1740. The van der Waals surface area contributed by atoms with Crippen LogP contribution in [0.15, 0.2) is 112 Å². The third-order valence-corrected chi connectivity index (χ3v) is 9.68. The summed E-state index contributed by atoms with van der Waals surface area (Å²) in [6.07, 6.45) is 0.237. The Morgan fingerprint density at radius 1 is 0.851 bits per heavy atom. The van der Waals surface area contributed by atoms with Crippen molar-refractivity contribution in [1.29, 1.82) is 0 Å². The van der Waals surface area contributed by atoms with Gasteiger partial charge in [-0.3, -0.25) is 13.9 Å². The molecular weight excluding hydrogens is 678 g/mol. The van der Waals surface area contributed by atoms with Gasteiger partial charge in [0.25, 0.3) is 10.0 Å². The largest absolute Gasteiger partial charge is 0.494 e. The van der Waals surface area contributed by atoms with Crippen molar-refractivity contribution in [2.24, 2.45) is 0 Å². The summed E-state index contributed by atoms with van der Waals surface area (Å²) >= 11 is 3.46. The molecule has 4 rings (SSSR count). The number of ether oxygens (including phenoxy) is 1. The van der Waals surface area contributed by atoms with Gasteiger partial charge in [0.05, 0.1) is 17.2 Å². The van der Waals surface area contributed by atoms with E-state index in [-0.39, 0.29) is 23.8 Å². The van der Waals surface area contributed by atoms with Gasteiger partial charge in [-0.15, -0.1) is 0 Å². The van der Waals surface area contributed by atoms with Gasteiger partial charge in [0, 0.05) is 23.0 Å². The number of aryl methyl sites for hydroxylation is 1. The molecule has 0 saturated carbocycles. The van der Waals surface area contributed by atoms with Crippen molar-refractivity contribution in [3.63, 3.8) is 0 Å². The molecule has 47 heavy (non-hydrogen) atoms. The topological polar surface area (TPSA) is 96.0 Å². The number of amides is 2. The molecule has 4 aromatic carbocycles. The predicted octanol–water partition coefficient (Wildman–Crippen LogP) is 6.91. The van der Waals surface area contributed by atoms with Crippen LogP contribution in [0, 0.1) is 6.92 Å². The number of rotatable bonds is 13. The number of sulfonamides is 1. The van der Waals surface area contributed by atoms with E-state index >= 15 is 0 Å². The quantitative estimate of drug-likeness (QED) is 0.162. The summed E-state index contributed by atoms with van der Waals surface area (Å²) in [6, 6.07) is 29.1. The van der Waals surface area contributed by atoms with Crippen LogP contribution in [-0.4, -0.2) is 49.9 Å². The molecule has 248 valence electrons. The van der Waals surface area contributed by atoms with Crippen LogP contribution in [-0.2, 0) is 32.6 Å². The summed E-state index contributed by atoms with van der Waals surface area (Å²) in [5.41, 5.74) is 2.37. The lowest BCUT2D eigenvalue weighted by Crippen LogP contribution is -2.56. The molecule has 0 radical (unpaired) electrons. The van der Waals surface area contributed by atoms with Gasteiger partial charge in [0.1, 0.15) is 18.3 Å². The van der Waals surface area contributed by atoms with Gasteiger partial charge in [-0.25, -0.2) is 8.42 Å². The van der Waals surface area contributed by atoms with Crippen molar-refractivity contribution in [3.8, 4) is 5.75 Å². The first-order chi connectivity index (χ1) is 22.3. The van der Waals surface area contributed by atoms with Crippen LogP contribution < -0.4 is 14.4 Å². The van der Waals surface area contributed by atoms with Crippen molar-refractivity contribution in [2.75, 3.05) is 17.5 Å². The maximum atomic E-state index is 14.6. The standard InChI is InChI=1S/C37H42BrN3O5S/c1-6-46-32-20-22-33(23-21-32)47(44,45)41(31-18-12-27(2)13-19-31)26-35(42)40(25-29-14-16-30(38)17-15-29)34(36(43)39-37(3,4)5)24-28-10-8-7-9-11-28/h7-23,34H,6,24-26H2,1-5H3,(H,39,43)/t34-/m1/s1. The van der Waals surface area contributed by atoms with Crippen molar-refractivity contribution in [2.45, 2.75) is 64.1 Å². The SMILES string of the molecule is CCOc1ccc(S(=O)(=O)N(CC(=O)N(Cc2ccc(Br)cc2)[C@H](Cc2ccccc2)C(=O)NC(C)(C)C)c2ccc(C)cc2)cc1. The second-order valence-electron chi connectivity index (χ2n) is 12.3. The number of hydrogen-bond acceptors (Lipinski definition) is 5. The number of nitrogens with zero attached hydrogens (tertiary/aromatic N) is 2. The third kappa shape index (κ3) is 9.92. The normalized spacial score (nSPS) is 12.2. The number of hydrogen-bond donors (Lipinski definition) is 1. The first-order valence-electron chi connectivity index (χ1n) is 15.5. The Labute approximate surface area is 286 Å². The first kappa shape index (κ1) is 35.7. The van der Waals surface area contributed by atoms with Crippen LogP contribution in [0.25, 0.3) is 0 Å². The fourth-order valence-electron chi connectivity index (χ4n) is 5.03. The predicted molar refractivity (Wildman–Crippen MR) is 190 cm³/mol. The Morgan fingerprint density at radius 2 is 1.47 bits per heavy atom. The van der Waals surface area contributed by atoms with Crippen LogP contribution in [0.4, 0.5) is 5.69 Å². The first-order valence-corrected chi connectivity index (χ1v) is 17.7. The monoisotopic (exact) mass is 719 g/mol. The van der Waals surface area contributed by atoms with E-state index in [1.165, 1.54) is 17.0 Å². The van der Waals surface area contributed by atoms with Crippen molar-refractivity contribution < 1.29 is 22.7 Å².